The molecule has 3 rings (SSSR count). The predicted molar refractivity (Wildman–Crippen MR) is 98.1 cm³/mol. The molecule has 1 heterocycles. The van der Waals surface area contributed by atoms with E-state index in [9.17, 15) is 10.1 Å². The van der Waals surface area contributed by atoms with Crippen LogP contribution in [0.1, 0.15) is 32.1 Å². The smallest absolute Gasteiger partial charge is 0.234 e. The van der Waals surface area contributed by atoms with Gasteiger partial charge in [0.15, 0.2) is 0 Å². The van der Waals surface area contributed by atoms with Crippen LogP contribution in [-0.4, -0.2) is 10.9 Å². The van der Waals surface area contributed by atoms with Crippen molar-refractivity contribution >= 4 is 28.8 Å². The highest BCUT2D eigenvalue weighted by molar-refractivity contribution is 7.80. The summed E-state index contributed by atoms with van der Waals surface area (Å²) in [6, 6.07) is 11.7. The first kappa shape index (κ1) is 16.7. The standard InChI is InChI=1S/C19H21N3OS/c1-13-16(17(23)22-14-8-4-2-5-9-14)19(10-6-3-7-11-19)15(12-20)18(24)21-13/h2,4-5,8-9,15-16H,1,3,6-7,10-11H2,(H,21,24)(H,22,23)/t15?,16-/m1/s1. The topological polar surface area (TPSA) is 64.9 Å². The number of carbonyl (C=O) groups excluding carboxylic acids is 1. The molecule has 5 heteroatoms. The molecule has 124 valence electrons. The van der Waals surface area contributed by atoms with Crippen LogP contribution < -0.4 is 10.6 Å². The fourth-order valence-corrected chi connectivity index (χ4v) is 4.63. The molecule has 2 atom stereocenters. The molecule has 1 saturated heterocycles. The minimum atomic E-state index is -0.450. The van der Waals surface area contributed by atoms with Crippen LogP contribution in [0.25, 0.3) is 0 Å². The number of anilines is 1. The van der Waals surface area contributed by atoms with E-state index in [1.54, 1.807) is 0 Å². The van der Waals surface area contributed by atoms with Crippen LogP contribution in [0, 0.1) is 28.6 Å². The van der Waals surface area contributed by atoms with Crippen molar-refractivity contribution in [3.8, 4) is 6.07 Å². The number of thiocarbonyl (C=S) groups is 1. The van der Waals surface area contributed by atoms with Gasteiger partial charge in [-0.1, -0.05) is 56.3 Å². The lowest BCUT2D eigenvalue weighted by molar-refractivity contribution is -0.124. The van der Waals surface area contributed by atoms with Crippen LogP contribution in [-0.2, 0) is 4.79 Å². The second-order valence-electron chi connectivity index (χ2n) is 6.66. The van der Waals surface area contributed by atoms with E-state index in [1.807, 2.05) is 30.3 Å². The van der Waals surface area contributed by atoms with Crippen molar-refractivity contribution in [1.29, 1.82) is 5.26 Å². The van der Waals surface area contributed by atoms with Crippen LogP contribution in [0.3, 0.4) is 0 Å². The maximum absolute atomic E-state index is 13.1. The van der Waals surface area contributed by atoms with Gasteiger partial charge in [-0.05, 0) is 25.0 Å². The monoisotopic (exact) mass is 339 g/mol. The minimum absolute atomic E-state index is 0.108. The van der Waals surface area contributed by atoms with Crippen molar-refractivity contribution in [2.45, 2.75) is 32.1 Å². The largest absolute Gasteiger partial charge is 0.352 e. The number of carbonyl (C=O) groups is 1. The Hall–Kier alpha value is -2.19. The third-order valence-corrected chi connectivity index (χ3v) is 5.60. The third kappa shape index (κ3) is 2.83. The molecule has 0 bridgehead atoms. The summed E-state index contributed by atoms with van der Waals surface area (Å²) in [5.74, 6) is -0.998. The second-order valence-corrected chi connectivity index (χ2v) is 7.10. The normalized spacial score (nSPS) is 25.6. The molecule has 24 heavy (non-hydrogen) atoms. The number of hydrogen-bond acceptors (Lipinski definition) is 3. The summed E-state index contributed by atoms with van der Waals surface area (Å²) in [6.07, 6.45) is 4.84. The Labute approximate surface area is 147 Å². The summed E-state index contributed by atoms with van der Waals surface area (Å²) in [5.41, 5.74) is 0.926. The van der Waals surface area contributed by atoms with Crippen molar-refractivity contribution in [3.05, 3.63) is 42.6 Å². The van der Waals surface area contributed by atoms with E-state index in [4.69, 9.17) is 12.2 Å². The SMILES string of the molecule is C=C1NC(=S)C(C#N)C2(CCCCC2)[C@H]1C(=O)Nc1ccccc1. The van der Waals surface area contributed by atoms with Crippen molar-refractivity contribution < 1.29 is 4.79 Å². The van der Waals surface area contributed by atoms with Crippen molar-refractivity contribution in [1.82, 2.24) is 5.32 Å². The zero-order valence-corrected chi connectivity index (χ0v) is 14.4. The molecular formula is C19H21N3OS. The number of nitriles is 1. The van der Waals surface area contributed by atoms with Gasteiger partial charge in [0.2, 0.25) is 5.91 Å². The van der Waals surface area contributed by atoms with Gasteiger partial charge in [0.1, 0.15) is 5.92 Å². The predicted octanol–water partition coefficient (Wildman–Crippen LogP) is 3.78. The molecule has 1 spiro atoms. The van der Waals surface area contributed by atoms with Crippen LogP contribution in [0.15, 0.2) is 42.6 Å². The molecule has 1 saturated carbocycles. The first-order valence-electron chi connectivity index (χ1n) is 8.34. The van der Waals surface area contributed by atoms with Crippen LogP contribution in [0.2, 0.25) is 0 Å². The second kappa shape index (κ2) is 6.74. The Morgan fingerprint density at radius 3 is 2.58 bits per heavy atom. The van der Waals surface area contributed by atoms with Crippen molar-refractivity contribution in [2.24, 2.45) is 17.3 Å². The number of nitrogens with zero attached hydrogens (tertiary/aromatic N) is 1. The molecule has 1 unspecified atom stereocenters. The summed E-state index contributed by atoms with van der Waals surface area (Å²) >= 11 is 5.40. The van der Waals surface area contributed by atoms with Gasteiger partial charge >= 0.3 is 0 Å². The zero-order chi connectivity index (χ0) is 17.2. The number of piperidine rings is 1. The molecule has 1 amide bonds. The fourth-order valence-electron chi connectivity index (χ4n) is 4.21. The van der Waals surface area contributed by atoms with Gasteiger partial charge in [-0.25, -0.2) is 0 Å². The Balaban J connectivity index is 1.95. The summed E-state index contributed by atoms with van der Waals surface area (Å²) < 4.78 is 0. The van der Waals surface area contributed by atoms with Gasteiger partial charge in [0.05, 0.1) is 17.0 Å². The number of amides is 1. The maximum Gasteiger partial charge on any atom is 0.234 e. The number of para-hydroxylation sites is 1. The first-order chi connectivity index (χ1) is 11.6. The molecule has 4 nitrogen and oxygen atoms in total. The molecule has 1 aromatic rings. The van der Waals surface area contributed by atoms with Crippen molar-refractivity contribution in [3.63, 3.8) is 0 Å². The lowest BCUT2D eigenvalue weighted by atomic mass is 9.56. The lowest BCUT2D eigenvalue weighted by Gasteiger charge is -2.49. The minimum Gasteiger partial charge on any atom is -0.352 e. The average molecular weight is 339 g/mol. The Bertz CT molecular complexity index is 701. The quantitative estimate of drug-likeness (QED) is 0.805. The molecule has 2 N–H and O–H groups in total. The lowest BCUT2D eigenvalue weighted by Crippen LogP contribution is -2.56. The van der Waals surface area contributed by atoms with Gasteiger partial charge in [-0.3, -0.25) is 4.79 Å². The van der Waals surface area contributed by atoms with E-state index in [1.165, 1.54) is 0 Å². The van der Waals surface area contributed by atoms with Crippen LogP contribution in [0.5, 0.6) is 0 Å². The highest BCUT2D eigenvalue weighted by Gasteiger charge is 2.54. The highest BCUT2D eigenvalue weighted by Crippen LogP contribution is 2.52. The Kier molecular flexibility index (Phi) is 4.68. The molecule has 2 aliphatic rings. The molecule has 1 aromatic carbocycles. The van der Waals surface area contributed by atoms with Crippen molar-refractivity contribution in [2.75, 3.05) is 5.32 Å². The van der Waals surface area contributed by atoms with Gasteiger partial charge in [-0.2, -0.15) is 5.26 Å². The van der Waals surface area contributed by atoms with E-state index < -0.39 is 17.3 Å². The first-order valence-corrected chi connectivity index (χ1v) is 8.74. The van der Waals surface area contributed by atoms with E-state index in [2.05, 4.69) is 23.3 Å². The van der Waals surface area contributed by atoms with Gasteiger partial charge < -0.3 is 10.6 Å². The van der Waals surface area contributed by atoms with E-state index in [-0.39, 0.29) is 5.91 Å². The zero-order valence-electron chi connectivity index (χ0n) is 13.5. The Morgan fingerprint density at radius 1 is 1.29 bits per heavy atom. The number of rotatable bonds is 2. The summed E-state index contributed by atoms with van der Waals surface area (Å²) in [7, 11) is 0. The number of hydrogen-bond donors (Lipinski definition) is 2. The van der Waals surface area contributed by atoms with E-state index in [0.29, 0.717) is 10.7 Å². The molecule has 0 aromatic heterocycles. The summed E-state index contributed by atoms with van der Waals surface area (Å²) in [4.78, 5) is 13.6. The molecule has 1 aliphatic heterocycles. The van der Waals surface area contributed by atoms with Gasteiger partial charge in [0, 0.05) is 16.8 Å². The number of benzene rings is 1. The summed E-state index contributed by atoms with van der Waals surface area (Å²) in [5, 5.41) is 15.7. The van der Waals surface area contributed by atoms with Gasteiger partial charge in [-0.15, -0.1) is 0 Å². The third-order valence-electron chi connectivity index (χ3n) is 5.26. The molecule has 1 aliphatic carbocycles. The van der Waals surface area contributed by atoms with Crippen LogP contribution in [0.4, 0.5) is 5.69 Å². The van der Waals surface area contributed by atoms with Crippen LogP contribution >= 0.6 is 12.2 Å². The summed E-state index contributed by atoms with van der Waals surface area (Å²) in [6.45, 7) is 4.06. The highest BCUT2D eigenvalue weighted by atomic mass is 32.1. The molecule has 2 fully saturated rings. The molecule has 0 radical (unpaired) electrons. The van der Waals surface area contributed by atoms with Gasteiger partial charge in [0.25, 0.3) is 0 Å². The number of nitrogens with one attached hydrogen (secondary N) is 2. The van der Waals surface area contributed by atoms with E-state index >= 15 is 0 Å². The fraction of sp³-hybridized carbons (Fsp3) is 0.421. The van der Waals surface area contributed by atoms with E-state index in [0.717, 1.165) is 37.8 Å². The maximum atomic E-state index is 13.1. The average Bonchev–Trinajstić information content (AvgIpc) is 2.56. The molecular weight excluding hydrogens is 318 g/mol. The Morgan fingerprint density at radius 2 is 1.96 bits per heavy atom.